The first-order chi connectivity index (χ1) is 5.37. The van der Waals surface area contributed by atoms with Crippen LogP contribution in [-0.2, 0) is 4.62 Å². The molecule has 0 aromatic carbocycles. The summed E-state index contributed by atoms with van der Waals surface area (Å²) in [5.74, 6) is 0.677. The van der Waals surface area contributed by atoms with Crippen LogP contribution in [0.4, 0.5) is 0 Å². The maximum absolute atomic E-state index is 5.87. The van der Waals surface area contributed by atoms with Gasteiger partial charge in [-0.3, -0.25) is 0 Å². The number of nitrogens with zero attached hydrogens (tertiary/aromatic N) is 1. The van der Waals surface area contributed by atoms with Crippen molar-refractivity contribution >= 4 is 7.49 Å². The van der Waals surface area contributed by atoms with Crippen molar-refractivity contribution in [2.75, 3.05) is 33.1 Å². The molecule has 0 aliphatic heterocycles. The molecule has 12 heavy (non-hydrogen) atoms. The zero-order valence-corrected chi connectivity index (χ0v) is 10.3. The maximum atomic E-state index is 5.87. The Bertz CT molecular complexity index is 126. The van der Waals surface area contributed by atoms with Crippen LogP contribution < -0.4 is 0 Å². The Hall–Kier alpha value is 0.350. The van der Waals surface area contributed by atoms with E-state index in [1.165, 1.54) is 6.16 Å². The van der Waals surface area contributed by atoms with E-state index in [0.717, 1.165) is 6.54 Å². The predicted octanol–water partition coefficient (Wildman–Crippen LogP) is 2.45. The Labute approximate surface area is 77.7 Å². The molecule has 0 aliphatic carbocycles. The molecule has 0 saturated heterocycles. The van der Waals surface area contributed by atoms with Gasteiger partial charge in [-0.1, -0.05) is 0 Å². The summed E-state index contributed by atoms with van der Waals surface area (Å²) < 4.78 is 5.87. The summed E-state index contributed by atoms with van der Waals surface area (Å²) in [7, 11) is 0.651. The molecule has 0 fully saturated rings. The van der Waals surface area contributed by atoms with Gasteiger partial charge in [0.25, 0.3) is 0 Å². The van der Waals surface area contributed by atoms with Gasteiger partial charge in [0.2, 0.25) is 0 Å². The van der Waals surface area contributed by atoms with Crippen LogP contribution in [0, 0.1) is 5.92 Å². The van der Waals surface area contributed by atoms with E-state index >= 15 is 0 Å². The van der Waals surface area contributed by atoms with Gasteiger partial charge in [0.05, 0.1) is 0 Å². The molecule has 3 heteroatoms. The molecular formula is C9H24NOP. The Kier molecular flexibility index (Phi) is 5.31. The molecule has 0 spiro atoms. The van der Waals surface area contributed by atoms with E-state index in [-0.39, 0.29) is 0 Å². The van der Waals surface area contributed by atoms with Crippen molar-refractivity contribution in [2.45, 2.75) is 20.8 Å². The molecule has 0 unspecified atom stereocenters. The molecule has 0 atom stereocenters. The van der Waals surface area contributed by atoms with Crippen LogP contribution >= 0.6 is 7.49 Å². The normalized spacial score (nSPS) is 14.3. The van der Waals surface area contributed by atoms with Gasteiger partial charge in [0, 0.05) is 0 Å². The molecule has 0 aromatic heterocycles. The van der Waals surface area contributed by atoms with Crippen molar-refractivity contribution < 1.29 is 4.62 Å². The fourth-order valence-electron chi connectivity index (χ4n) is 1.04. The molecular weight excluding hydrogens is 169 g/mol. The second-order valence-electron chi connectivity index (χ2n) is 4.41. The minimum atomic E-state index is -1.38. The number of hydrogen-bond donors (Lipinski definition) is 0. The van der Waals surface area contributed by atoms with Crippen molar-refractivity contribution in [2.24, 2.45) is 5.92 Å². The van der Waals surface area contributed by atoms with Crippen molar-refractivity contribution in [3.63, 3.8) is 0 Å². The van der Waals surface area contributed by atoms with Crippen LogP contribution in [-0.4, -0.2) is 38.1 Å². The van der Waals surface area contributed by atoms with Crippen LogP contribution in [0.3, 0.4) is 0 Å². The van der Waals surface area contributed by atoms with Gasteiger partial charge in [0.15, 0.2) is 0 Å². The first kappa shape index (κ1) is 12.3. The third-order valence-corrected chi connectivity index (χ3v) is 4.39. The van der Waals surface area contributed by atoms with Crippen LogP contribution in [0.15, 0.2) is 0 Å². The van der Waals surface area contributed by atoms with Gasteiger partial charge >= 0.3 is 77.0 Å². The fraction of sp³-hybridized carbons (Fsp3) is 1.00. The summed E-state index contributed by atoms with van der Waals surface area (Å²) >= 11 is 0. The van der Waals surface area contributed by atoms with Gasteiger partial charge < -0.3 is 0 Å². The molecule has 0 rings (SSSR count). The second-order valence-corrected chi connectivity index (χ2v) is 8.82. The van der Waals surface area contributed by atoms with Crippen LogP contribution in [0.5, 0.6) is 0 Å². The fourth-order valence-corrected chi connectivity index (χ4v) is 2.09. The summed E-state index contributed by atoms with van der Waals surface area (Å²) in [6, 6.07) is 0. The first-order valence-corrected chi connectivity index (χ1v) is 7.89. The molecule has 0 radical (unpaired) electrons. The van der Waals surface area contributed by atoms with E-state index < -0.39 is 7.49 Å². The molecule has 0 heterocycles. The standard InChI is InChI=1S/C9H24NOP/c1-7-12(5,6)11-10(4)8-9(2)3/h9,12H,7-8H2,1-6H3. The van der Waals surface area contributed by atoms with Crippen molar-refractivity contribution in [1.82, 2.24) is 5.06 Å². The zero-order valence-electron chi connectivity index (χ0n) is 9.35. The third-order valence-electron chi connectivity index (χ3n) is 1.88. The molecule has 0 aromatic rings. The first-order valence-electron chi connectivity index (χ1n) is 4.77. The summed E-state index contributed by atoms with van der Waals surface area (Å²) in [6.07, 6.45) is 1.18. The number of hydrogen-bond acceptors (Lipinski definition) is 2. The summed E-state index contributed by atoms with van der Waals surface area (Å²) in [4.78, 5) is 0. The van der Waals surface area contributed by atoms with Gasteiger partial charge in [-0.2, -0.15) is 0 Å². The topological polar surface area (TPSA) is 12.5 Å². The number of rotatable bonds is 5. The summed E-state index contributed by atoms with van der Waals surface area (Å²) in [5, 5.41) is 2.00. The Morgan fingerprint density at radius 2 is 1.83 bits per heavy atom. The van der Waals surface area contributed by atoms with E-state index in [0.29, 0.717) is 5.92 Å². The van der Waals surface area contributed by atoms with E-state index in [9.17, 15) is 0 Å². The summed E-state index contributed by atoms with van der Waals surface area (Å²) in [5.41, 5.74) is 0. The van der Waals surface area contributed by atoms with Gasteiger partial charge in [0.1, 0.15) is 0 Å². The Balaban J connectivity index is 3.75. The van der Waals surface area contributed by atoms with Crippen molar-refractivity contribution in [3.8, 4) is 0 Å². The summed E-state index contributed by atoms with van der Waals surface area (Å²) in [6.45, 7) is 12.2. The quantitative estimate of drug-likeness (QED) is 0.491. The number of hydroxylamine groups is 2. The second kappa shape index (κ2) is 5.16. The van der Waals surface area contributed by atoms with Crippen LogP contribution in [0.25, 0.3) is 0 Å². The average molecular weight is 193 g/mol. The molecule has 0 saturated carbocycles. The van der Waals surface area contributed by atoms with Crippen LogP contribution in [0.2, 0.25) is 0 Å². The SMILES string of the molecule is CC[PH](C)(C)ON(C)CC(C)C. The molecule has 76 valence electrons. The van der Waals surface area contributed by atoms with Crippen LogP contribution in [0.1, 0.15) is 20.8 Å². The van der Waals surface area contributed by atoms with Crippen molar-refractivity contribution in [1.29, 1.82) is 0 Å². The molecule has 0 aliphatic rings. The van der Waals surface area contributed by atoms with Gasteiger partial charge in [-0.15, -0.1) is 0 Å². The van der Waals surface area contributed by atoms with Crippen molar-refractivity contribution in [3.05, 3.63) is 0 Å². The monoisotopic (exact) mass is 193 g/mol. The molecule has 2 nitrogen and oxygen atoms in total. The molecule has 0 amide bonds. The zero-order chi connectivity index (χ0) is 9.78. The third kappa shape index (κ3) is 5.93. The Morgan fingerprint density at radius 1 is 1.33 bits per heavy atom. The van der Waals surface area contributed by atoms with Gasteiger partial charge in [-0.25, -0.2) is 0 Å². The van der Waals surface area contributed by atoms with E-state index in [2.05, 4.69) is 34.1 Å². The van der Waals surface area contributed by atoms with E-state index in [1.807, 2.05) is 12.1 Å². The Morgan fingerprint density at radius 3 is 2.17 bits per heavy atom. The van der Waals surface area contributed by atoms with E-state index in [1.54, 1.807) is 0 Å². The molecule has 0 bridgehead atoms. The van der Waals surface area contributed by atoms with Gasteiger partial charge in [-0.05, 0) is 0 Å². The van der Waals surface area contributed by atoms with E-state index in [4.69, 9.17) is 4.62 Å². The average Bonchev–Trinajstić information content (AvgIpc) is 1.84. The predicted molar refractivity (Wildman–Crippen MR) is 59.3 cm³/mol. The molecule has 0 N–H and O–H groups in total. The minimum absolute atomic E-state index is 0.677.